The number of rotatable bonds is 0. The topological polar surface area (TPSA) is 0 Å². The maximum absolute atomic E-state index is 13.0. The molecule has 0 heterocycles. The maximum Gasteiger partial charge on any atom is 0.107 e. The number of hydrogen-bond acceptors (Lipinski definition) is 0. The van der Waals surface area contributed by atoms with Crippen molar-refractivity contribution in [2.45, 2.75) is 60.5 Å². The standard InChI is InChI=1S/2C7H10BrF/c2*8-6-3-4-1-2-5(6)7(4)9/h2*4-7H,1-3H2/t2*4?,5?,6-,7+/m10/s1. The predicted molar refractivity (Wildman–Crippen MR) is 76.9 cm³/mol. The first-order valence-electron chi connectivity index (χ1n) is 7.14. The Balaban J connectivity index is 0.000000111. The molecule has 0 N–H and O–H groups in total. The average Bonchev–Trinajstić information content (AvgIpc) is 3.02. The summed E-state index contributed by atoms with van der Waals surface area (Å²) in [5, 5.41) is 0. The van der Waals surface area contributed by atoms with Crippen molar-refractivity contribution in [1.82, 2.24) is 0 Å². The van der Waals surface area contributed by atoms with Gasteiger partial charge in [-0.1, -0.05) is 31.9 Å². The maximum atomic E-state index is 13.0. The van der Waals surface area contributed by atoms with Crippen LogP contribution in [0.5, 0.6) is 0 Å². The van der Waals surface area contributed by atoms with Crippen LogP contribution in [0.3, 0.4) is 0 Å². The van der Waals surface area contributed by atoms with Gasteiger partial charge < -0.3 is 0 Å². The highest BCUT2D eigenvalue weighted by Gasteiger charge is 2.48. The SMILES string of the molecule is F[C@@H]1C2CCC1[C@@H](Br)C2.F[C@H]1C2CCC1[C@H](Br)C2. The van der Waals surface area contributed by atoms with Gasteiger partial charge in [0.15, 0.2) is 0 Å². The van der Waals surface area contributed by atoms with E-state index >= 15 is 0 Å². The molecule has 18 heavy (non-hydrogen) atoms. The van der Waals surface area contributed by atoms with Crippen molar-refractivity contribution in [2.24, 2.45) is 23.7 Å². The highest BCUT2D eigenvalue weighted by molar-refractivity contribution is 9.09. The van der Waals surface area contributed by atoms with E-state index in [9.17, 15) is 8.78 Å². The normalized spacial score (nSPS) is 56.7. The van der Waals surface area contributed by atoms with Crippen molar-refractivity contribution in [1.29, 1.82) is 0 Å². The summed E-state index contributed by atoms with van der Waals surface area (Å²) >= 11 is 6.99. The largest absolute Gasteiger partial charge is 0.247 e. The molecular weight excluding hydrogens is 366 g/mol. The van der Waals surface area contributed by atoms with Gasteiger partial charge in [-0.05, 0) is 50.4 Å². The molecule has 4 aliphatic rings. The molecule has 0 radical (unpaired) electrons. The van der Waals surface area contributed by atoms with Gasteiger partial charge in [0.1, 0.15) is 12.3 Å². The molecule has 104 valence electrons. The highest BCUT2D eigenvalue weighted by Crippen LogP contribution is 2.50. The third-order valence-electron chi connectivity index (χ3n) is 5.45. The van der Waals surface area contributed by atoms with Gasteiger partial charge in [0, 0.05) is 21.5 Å². The molecule has 0 aromatic heterocycles. The van der Waals surface area contributed by atoms with Crippen LogP contribution in [0, 0.1) is 23.7 Å². The van der Waals surface area contributed by atoms with Crippen molar-refractivity contribution in [2.75, 3.05) is 0 Å². The zero-order valence-electron chi connectivity index (χ0n) is 10.4. The van der Waals surface area contributed by atoms with Crippen molar-refractivity contribution in [3.05, 3.63) is 0 Å². The summed E-state index contributed by atoms with van der Waals surface area (Å²) in [4.78, 5) is 0.984. The first kappa shape index (κ1) is 13.8. The van der Waals surface area contributed by atoms with E-state index in [-0.39, 0.29) is 0 Å². The number of hydrogen-bond donors (Lipinski definition) is 0. The summed E-state index contributed by atoms with van der Waals surface area (Å²) in [5.74, 6) is 1.52. The molecular formula is C14H20Br2F2. The van der Waals surface area contributed by atoms with Crippen LogP contribution in [0.1, 0.15) is 38.5 Å². The van der Waals surface area contributed by atoms with E-state index in [1.165, 1.54) is 0 Å². The second kappa shape index (κ2) is 5.31. The minimum Gasteiger partial charge on any atom is -0.247 e. The summed E-state index contributed by atoms with van der Waals surface area (Å²) in [6.45, 7) is 0. The van der Waals surface area contributed by atoms with Gasteiger partial charge in [0.25, 0.3) is 0 Å². The fourth-order valence-corrected chi connectivity index (χ4v) is 6.41. The smallest absolute Gasteiger partial charge is 0.107 e. The first-order chi connectivity index (χ1) is 8.58. The molecule has 4 rings (SSSR count). The molecule has 0 aliphatic heterocycles. The molecule has 4 bridgehead atoms. The summed E-state index contributed by atoms with van der Waals surface area (Å²) in [6.07, 6.45) is 5.69. The third-order valence-corrected chi connectivity index (χ3v) is 7.55. The Morgan fingerprint density at radius 2 is 1.06 bits per heavy atom. The fraction of sp³-hybridized carbons (Fsp3) is 1.00. The van der Waals surface area contributed by atoms with Crippen LogP contribution >= 0.6 is 31.9 Å². The van der Waals surface area contributed by atoms with E-state index in [1.807, 2.05) is 0 Å². The third kappa shape index (κ3) is 2.30. The van der Waals surface area contributed by atoms with Crippen LogP contribution < -0.4 is 0 Å². The molecule has 4 heteroatoms. The summed E-state index contributed by atoms with van der Waals surface area (Å²) in [7, 11) is 0. The Kier molecular flexibility index (Phi) is 4.07. The van der Waals surface area contributed by atoms with Crippen LogP contribution in [-0.4, -0.2) is 22.0 Å². The lowest BCUT2D eigenvalue weighted by Crippen LogP contribution is -2.11. The van der Waals surface area contributed by atoms with Gasteiger partial charge in [-0.25, -0.2) is 8.78 Å². The van der Waals surface area contributed by atoms with Crippen LogP contribution in [-0.2, 0) is 0 Å². The number of halogens is 4. The summed E-state index contributed by atoms with van der Waals surface area (Å²) < 4.78 is 26.0. The molecule has 0 aromatic carbocycles. The fourth-order valence-electron chi connectivity index (χ4n) is 4.33. The Hall–Kier alpha value is 0.820. The van der Waals surface area contributed by atoms with Crippen molar-refractivity contribution in [3.63, 3.8) is 0 Å². The molecule has 8 atom stereocenters. The average molecular weight is 386 g/mol. The Morgan fingerprint density at radius 1 is 0.667 bits per heavy atom. The van der Waals surface area contributed by atoms with Gasteiger partial charge in [-0.2, -0.15) is 0 Å². The van der Waals surface area contributed by atoms with Crippen molar-refractivity contribution >= 4 is 31.9 Å². The quantitative estimate of drug-likeness (QED) is 0.512. The Morgan fingerprint density at radius 3 is 1.17 bits per heavy atom. The van der Waals surface area contributed by atoms with Crippen LogP contribution in [0.25, 0.3) is 0 Å². The lowest BCUT2D eigenvalue weighted by molar-refractivity contribution is 0.264. The summed E-state index contributed by atoms with van der Waals surface area (Å²) in [5.41, 5.74) is 0. The molecule has 4 fully saturated rings. The molecule has 0 spiro atoms. The second-order valence-corrected chi connectivity index (χ2v) is 8.75. The molecule has 4 aliphatic carbocycles. The monoisotopic (exact) mass is 384 g/mol. The van der Waals surface area contributed by atoms with E-state index in [0.717, 1.165) is 38.5 Å². The minimum atomic E-state index is -0.477. The van der Waals surface area contributed by atoms with Gasteiger partial charge in [-0.15, -0.1) is 0 Å². The van der Waals surface area contributed by atoms with Gasteiger partial charge in [0.2, 0.25) is 0 Å². The van der Waals surface area contributed by atoms with Crippen LogP contribution in [0.4, 0.5) is 8.78 Å². The zero-order chi connectivity index (χ0) is 12.9. The molecule has 4 saturated carbocycles. The van der Waals surface area contributed by atoms with E-state index < -0.39 is 12.3 Å². The van der Waals surface area contributed by atoms with Crippen molar-refractivity contribution in [3.8, 4) is 0 Å². The van der Waals surface area contributed by atoms with Gasteiger partial charge >= 0.3 is 0 Å². The lowest BCUT2D eigenvalue weighted by Gasteiger charge is -2.12. The van der Waals surface area contributed by atoms with Gasteiger partial charge in [0.05, 0.1) is 0 Å². The number of fused-ring (bicyclic) bond motifs is 4. The second-order valence-electron chi connectivity index (χ2n) is 6.39. The highest BCUT2D eigenvalue weighted by atomic mass is 79.9. The summed E-state index contributed by atoms with van der Waals surface area (Å²) in [6, 6.07) is 0. The molecule has 0 nitrogen and oxygen atoms in total. The zero-order valence-corrected chi connectivity index (χ0v) is 13.5. The van der Waals surface area contributed by atoms with Crippen molar-refractivity contribution < 1.29 is 8.78 Å². The molecule has 0 amide bonds. The minimum absolute atomic E-state index is 0.356. The van der Waals surface area contributed by atoms with E-state index in [4.69, 9.17) is 0 Å². The lowest BCUT2D eigenvalue weighted by atomic mass is 10.0. The van der Waals surface area contributed by atoms with Crippen LogP contribution in [0.15, 0.2) is 0 Å². The van der Waals surface area contributed by atoms with E-state index in [2.05, 4.69) is 31.9 Å². The Bertz CT molecular complexity index is 282. The molecule has 0 aromatic rings. The first-order valence-corrected chi connectivity index (χ1v) is 8.97. The van der Waals surface area contributed by atoms with Crippen LogP contribution in [0.2, 0.25) is 0 Å². The van der Waals surface area contributed by atoms with Gasteiger partial charge in [-0.3, -0.25) is 0 Å². The van der Waals surface area contributed by atoms with E-state index in [1.54, 1.807) is 0 Å². The van der Waals surface area contributed by atoms with E-state index in [0.29, 0.717) is 33.3 Å². The molecule has 0 saturated heterocycles. The molecule has 4 unspecified atom stereocenters. The number of alkyl halides is 4. The Labute approximate surface area is 125 Å². The predicted octanol–water partition coefficient (Wildman–Crippen LogP) is 5.04.